The molecule has 0 aliphatic rings. The number of nitrogens with two attached hydrogens (primary N) is 1. The van der Waals surface area contributed by atoms with Gasteiger partial charge in [-0.1, -0.05) is 30.3 Å². The number of aliphatic hydroxyl groups is 1. The standard InChI is InChI=1S/C18H21NO3.ClH/c1-14(18(21)15-6-3-2-4-7-15)19-12-11-16(20)9-10-17-8-5-13-22-17;/h2-10,13-14,18-19,21H,11-12H2,1H3;1H/b10-9+;. The smallest absolute Gasteiger partial charge is 0.161 e. The van der Waals surface area contributed by atoms with Crippen LogP contribution >= 0.6 is 0 Å². The van der Waals surface area contributed by atoms with Crippen molar-refractivity contribution in [3.63, 3.8) is 0 Å². The molecule has 3 N–H and O–H groups in total. The minimum absolute atomic E-state index is 0. The molecule has 0 spiro atoms. The Hall–Kier alpha value is -1.88. The minimum atomic E-state index is -0.532. The summed E-state index contributed by atoms with van der Waals surface area (Å²) < 4.78 is 5.13. The van der Waals surface area contributed by atoms with Crippen LogP contribution in [0.2, 0.25) is 0 Å². The second kappa shape index (κ2) is 10.0. The molecule has 0 radical (unpaired) electrons. The molecular formula is C18H22ClNO3. The molecule has 0 aliphatic carbocycles. The number of hydrogen-bond acceptors (Lipinski definition) is 3. The molecule has 124 valence electrons. The lowest BCUT2D eigenvalue weighted by molar-refractivity contribution is -0.693. The molecule has 2 rings (SSSR count). The van der Waals surface area contributed by atoms with Crippen molar-refractivity contribution in [1.29, 1.82) is 0 Å². The average Bonchev–Trinajstić information content (AvgIpc) is 3.06. The van der Waals surface area contributed by atoms with Gasteiger partial charge >= 0.3 is 0 Å². The Balaban J connectivity index is 0.00000264. The molecule has 0 saturated carbocycles. The van der Waals surface area contributed by atoms with Gasteiger partial charge in [0, 0.05) is 0 Å². The third kappa shape index (κ3) is 6.40. The Morgan fingerprint density at radius 2 is 2.00 bits per heavy atom. The van der Waals surface area contributed by atoms with Crippen molar-refractivity contribution >= 4 is 11.9 Å². The topological polar surface area (TPSA) is 67.0 Å². The summed E-state index contributed by atoms with van der Waals surface area (Å²) in [6.07, 6.45) is 4.68. The fourth-order valence-corrected chi connectivity index (χ4v) is 2.22. The van der Waals surface area contributed by atoms with Crippen LogP contribution in [0.4, 0.5) is 0 Å². The van der Waals surface area contributed by atoms with E-state index >= 15 is 0 Å². The van der Waals surface area contributed by atoms with Gasteiger partial charge in [0.25, 0.3) is 0 Å². The summed E-state index contributed by atoms with van der Waals surface area (Å²) in [7, 11) is 0. The quantitative estimate of drug-likeness (QED) is 0.604. The lowest BCUT2D eigenvalue weighted by Gasteiger charge is -2.17. The van der Waals surface area contributed by atoms with Crippen LogP contribution in [0.25, 0.3) is 6.08 Å². The first kappa shape index (κ1) is 19.2. The van der Waals surface area contributed by atoms with Crippen molar-refractivity contribution < 1.29 is 32.0 Å². The number of halogens is 1. The number of carbonyl (C=O) groups excluding carboxylic acids is 1. The van der Waals surface area contributed by atoms with Gasteiger partial charge in [-0.25, -0.2) is 0 Å². The van der Waals surface area contributed by atoms with E-state index in [4.69, 9.17) is 4.42 Å². The third-order valence-electron chi connectivity index (χ3n) is 3.54. The van der Waals surface area contributed by atoms with Gasteiger partial charge in [0.1, 0.15) is 17.9 Å². The van der Waals surface area contributed by atoms with Crippen LogP contribution < -0.4 is 17.7 Å². The largest absolute Gasteiger partial charge is 1.00 e. The zero-order valence-electron chi connectivity index (χ0n) is 13.1. The van der Waals surface area contributed by atoms with Crippen LogP contribution in [0.1, 0.15) is 30.8 Å². The lowest BCUT2D eigenvalue weighted by Crippen LogP contribution is -3.00. The van der Waals surface area contributed by atoms with Crippen LogP contribution in [-0.4, -0.2) is 23.5 Å². The van der Waals surface area contributed by atoms with Crippen LogP contribution in [0.15, 0.2) is 59.2 Å². The van der Waals surface area contributed by atoms with Crippen molar-refractivity contribution in [3.05, 3.63) is 66.1 Å². The number of carbonyl (C=O) groups is 1. The molecular weight excluding hydrogens is 314 g/mol. The highest BCUT2D eigenvalue weighted by molar-refractivity contribution is 5.93. The highest BCUT2D eigenvalue weighted by Crippen LogP contribution is 2.13. The molecule has 2 atom stereocenters. The molecule has 0 saturated heterocycles. The van der Waals surface area contributed by atoms with E-state index in [1.807, 2.05) is 42.6 Å². The van der Waals surface area contributed by atoms with E-state index < -0.39 is 6.10 Å². The maximum Gasteiger partial charge on any atom is 0.161 e. The summed E-state index contributed by atoms with van der Waals surface area (Å²) in [5.41, 5.74) is 0.898. The molecule has 2 aromatic rings. The van der Waals surface area contributed by atoms with Crippen LogP contribution in [0.3, 0.4) is 0 Å². The summed E-state index contributed by atoms with van der Waals surface area (Å²) >= 11 is 0. The van der Waals surface area contributed by atoms with E-state index in [9.17, 15) is 9.90 Å². The van der Waals surface area contributed by atoms with Gasteiger partial charge in [0.15, 0.2) is 5.78 Å². The molecule has 0 aliphatic heterocycles. The third-order valence-corrected chi connectivity index (χ3v) is 3.54. The van der Waals surface area contributed by atoms with Gasteiger partial charge in [0.05, 0.1) is 19.2 Å². The van der Waals surface area contributed by atoms with Crippen molar-refractivity contribution in [2.45, 2.75) is 25.5 Å². The molecule has 0 amide bonds. The Kier molecular flexibility index (Phi) is 8.33. The van der Waals surface area contributed by atoms with Crippen LogP contribution in [-0.2, 0) is 4.79 Å². The second-order valence-electron chi connectivity index (χ2n) is 5.30. The maximum absolute atomic E-state index is 11.7. The van der Waals surface area contributed by atoms with Crippen molar-refractivity contribution in [3.8, 4) is 0 Å². The van der Waals surface area contributed by atoms with Crippen LogP contribution in [0, 0.1) is 0 Å². The number of rotatable bonds is 8. The Morgan fingerprint density at radius 3 is 2.65 bits per heavy atom. The van der Waals surface area contributed by atoms with Gasteiger partial charge in [-0.2, -0.15) is 0 Å². The normalized spacial score (nSPS) is 13.5. The fourth-order valence-electron chi connectivity index (χ4n) is 2.22. The molecule has 1 aromatic carbocycles. The molecule has 1 heterocycles. The van der Waals surface area contributed by atoms with Crippen molar-refractivity contribution in [1.82, 2.24) is 0 Å². The first-order chi connectivity index (χ1) is 10.7. The van der Waals surface area contributed by atoms with Crippen molar-refractivity contribution in [2.24, 2.45) is 0 Å². The van der Waals surface area contributed by atoms with Crippen molar-refractivity contribution in [2.75, 3.05) is 6.54 Å². The number of benzene rings is 1. The molecule has 5 heteroatoms. The van der Waals surface area contributed by atoms with E-state index in [0.29, 0.717) is 18.7 Å². The summed E-state index contributed by atoms with van der Waals surface area (Å²) in [6, 6.07) is 13.2. The van der Waals surface area contributed by atoms with E-state index in [1.54, 1.807) is 24.5 Å². The SMILES string of the molecule is CC([NH2+]CCC(=O)/C=C/c1ccco1)C(O)c1ccccc1.[Cl-]. The number of quaternary nitrogens is 1. The number of aliphatic hydroxyl groups excluding tert-OH is 1. The lowest BCUT2D eigenvalue weighted by atomic mass is 10.0. The van der Waals surface area contributed by atoms with E-state index in [1.165, 1.54) is 6.08 Å². The molecule has 0 bridgehead atoms. The highest BCUT2D eigenvalue weighted by atomic mass is 35.5. The minimum Gasteiger partial charge on any atom is -1.00 e. The highest BCUT2D eigenvalue weighted by Gasteiger charge is 2.18. The molecule has 2 unspecified atom stereocenters. The maximum atomic E-state index is 11.7. The number of allylic oxidation sites excluding steroid dienone is 1. The van der Waals surface area contributed by atoms with Gasteiger partial charge in [-0.3, -0.25) is 4.79 Å². The Bertz CT molecular complexity index is 596. The van der Waals surface area contributed by atoms with E-state index in [-0.39, 0.29) is 24.2 Å². The Labute approximate surface area is 142 Å². The van der Waals surface area contributed by atoms with E-state index in [0.717, 1.165) is 5.56 Å². The summed E-state index contributed by atoms with van der Waals surface area (Å²) in [5.74, 6) is 0.722. The number of furan rings is 1. The van der Waals surface area contributed by atoms with Gasteiger partial charge in [0.2, 0.25) is 0 Å². The number of hydrogen-bond donors (Lipinski definition) is 2. The zero-order chi connectivity index (χ0) is 15.8. The molecule has 4 nitrogen and oxygen atoms in total. The van der Waals surface area contributed by atoms with Gasteiger partial charge in [-0.15, -0.1) is 0 Å². The summed E-state index contributed by atoms with van der Waals surface area (Å²) in [6.45, 7) is 2.60. The number of ketones is 1. The first-order valence-corrected chi connectivity index (χ1v) is 7.47. The zero-order valence-corrected chi connectivity index (χ0v) is 13.8. The molecule has 0 fully saturated rings. The van der Waals surface area contributed by atoms with Crippen LogP contribution in [0.5, 0.6) is 0 Å². The fraction of sp³-hybridized carbons (Fsp3) is 0.278. The average molecular weight is 336 g/mol. The van der Waals surface area contributed by atoms with Gasteiger partial charge in [-0.05, 0) is 36.8 Å². The molecule has 23 heavy (non-hydrogen) atoms. The predicted octanol–water partition coefficient (Wildman–Crippen LogP) is -1.06. The van der Waals surface area contributed by atoms with Gasteiger partial charge < -0.3 is 27.2 Å². The first-order valence-electron chi connectivity index (χ1n) is 7.47. The summed E-state index contributed by atoms with van der Waals surface area (Å²) in [5, 5.41) is 12.2. The second-order valence-corrected chi connectivity index (χ2v) is 5.30. The predicted molar refractivity (Wildman–Crippen MR) is 85.0 cm³/mol. The Morgan fingerprint density at radius 1 is 1.26 bits per heavy atom. The van der Waals surface area contributed by atoms with E-state index in [2.05, 4.69) is 0 Å². The monoisotopic (exact) mass is 335 g/mol. The molecule has 1 aromatic heterocycles. The summed E-state index contributed by atoms with van der Waals surface area (Å²) in [4.78, 5) is 11.7.